The fraction of sp³-hybridized carbons (Fsp3) is 0.143. The molecule has 0 fully saturated rings. The number of rotatable bonds is 0. The van der Waals surface area contributed by atoms with E-state index in [1.54, 1.807) is 0 Å². The predicted octanol–water partition coefficient (Wildman–Crippen LogP) is 4.10. The molecule has 0 saturated heterocycles. The highest BCUT2D eigenvalue weighted by Crippen LogP contribution is 1.92. The van der Waals surface area contributed by atoms with Crippen molar-refractivity contribution in [2.75, 3.05) is 0 Å². The predicted molar refractivity (Wildman–Crippen MR) is 72.7 cm³/mol. The van der Waals surface area contributed by atoms with Gasteiger partial charge in [0.2, 0.25) is 0 Å². The summed E-state index contributed by atoms with van der Waals surface area (Å²) in [5.74, 6) is 0. The van der Waals surface area contributed by atoms with Crippen LogP contribution in [0.5, 0.6) is 0 Å². The molecule has 0 heterocycles. The molecule has 0 aliphatic heterocycles. The molecule has 0 amide bonds. The van der Waals surface area contributed by atoms with E-state index in [0.717, 1.165) is 0 Å². The first-order valence-corrected chi connectivity index (χ1v) is 4.82. The summed E-state index contributed by atoms with van der Waals surface area (Å²) < 4.78 is 0. The molecule has 2 rings (SSSR count). The van der Waals surface area contributed by atoms with Crippen molar-refractivity contribution >= 4 is 13.5 Å². The minimum Gasteiger partial charge on any atom is -0.197 e. The van der Waals surface area contributed by atoms with Crippen LogP contribution in [0.25, 0.3) is 0 Å². The standard InChI is InChI=1S/2C7H8.H2S/c2*1-7-5-3-2-4-6-7;/h2*2-6H,1H3;1H2. The van der Waals surface area contributed by atoms with Crippen molar-refractivity contribution in [1.82, 2.24) is 0 Å². The molecule has 0 bridgehead atoms. The molecule has 0 N–H and O–H groups in total. The van der Waals surface area contributed by atoms with Crippen LogP contribution in [-0.4, -0.2) is 0 Å². The smallest absolute Gasteiger partial charge is 0.0398 e. The number of benzene rings is 2. The monoisotopic (exact) mass is 218 g/mol. The van der Waals surface area contributed by atoms with Crippen LogP contribution in [0.2, 0.25) is 0 Å². The summed E-state index contributed by atoms with van der Waals surface area (Å²) in [7, 11) is 0. The Hall–Kier alpha value is -1.21. The van der Waals surface area contributed by atoms with Gasteiger partial charge in [-0.05, 0) is 13.8 Å². The Labute approximate surface area is 99.4 Å². The summed E-state index contributed by atoms with van der Waals surface area (Å²) in [4.78, 5) is 0. The van der Waals surface area contributed by atoms with Gasteiger partial charge in [-0.1, -0.05) is 71.8 Å². The molecule has 0 nitrogen and oxygen atoms in total. The molecular formula is C14H18S. The average molecular weight is 218 g/mol. The van der Waals surface area contributed by atoms with E-state index < -0.39 is 0 Å². The van der Waals surface area contributed by atoms with Crippen LogP contribution in [-0.2, 0) is 0 Å². The Bertz CT molecular complexity index is 303. The molecule has 2 aromatic rings. The van der Waals surface area contributed by atoms with Crippen LogP contribution < -0.4 is 0 Å². The third-order valence-electron chi connectivity index (χ3n) is 1.88. The highest BCUT2D eigenvalue weighted by molar-refractivity contribution is 7.59. The van der Waals surface area contributed by atoms with Crippen molar-refractivity contribution in [2.45, 2.75) is 13.8 Å². The number of hydrogen-bond donors (Lipinski definition) is 0. The lowest BCUT2D eigenvalue weighted by Gasteiger charge is -1.82. The van der Waals surface area contributed by atoms with E-state index in [4.69, 9.17) is 0 Å². The van der Waals surface area contributed by atoms with Crippen molar-refractivity contribution in [2.24, 2.45) is 0 Å². The molecule has 0 radical (unpaired) electrons. The molecular weight excluding hydrogens is 200 g/mol. The maximum atomic E-state index is 2.08. The van der Waals surface area contributed by atoms with Crippen LogP contribution >= 0.6 is 13.5 Å². The average Bonchev–Trinajstić information content (AvgIpc) is 2.21. The van der Waals surface area contributed by atoms with Crippen LogP contribution in [0.15, 0.2) is 60.7 Å². The van der Waals surface area contributed by atoms with Gasteiger partial charge in [-0.15, -0.1) is 0 Å². The van der Waals surface area contributed by atoms with E-state index in [0.29, 0.717) is 0 Å². The first kappa shape index (κ1) is 13.8. The second kappa shape index (κ2) is 8.13. The van der Waals surface area contributed by atoms with Gasteiger partial charge in [0.25, 0.3) is 0 Å². The Kier molecular flexibility index (Phi) is 7.47. The normalized spacial score (nSPS) is 8.13. The Balaban J connectivity index is 0.000000245. The molecule has 0 unspecified atom stereocenters. The van der Waals surface area contributed by atoms with Crippen LogP contribution in [0.1, 0.15) is 11.1 Å². The van der Waals surface area contributed by atoms with Gasteiger partial charge in [0.1, 0.15) is 0 Å². The van der Waals surface area contributed by atoms with Crippen molar-refractivity contribution < 1.29 is 0 Å². The fourth-order valence-electron chi connectivity index (χ4n) is 1.07. The molecule has 2 aromatic carbocycles. The summed E-state index contributed by atoms with van der Waals surface area (Å²) in [5.41, 5.74) is 2.64. The van der Waals surface area contributed by atoms with E-state index in [1.807, 2.05) is 36.4 Å². The maximum absolute atomic E-state index is 2.08. The van der Waals surface area contributed by atoms with E-state index in [1.165, 1.54) is 11.1 Å². The first-order chi connectivity index (χ1) is 6.79. The van der Waals surface area contributed by atoms with Gasteiger partial charge in [-0.3, -0.25) is 0 Å². The maximum Gasteiger partial charge on any atom is -0.0398 e. The topological polar surface area (TPSA) is 0 Å². The minimum absolute atomic E-state index is 0. The Morgan fingerprint density at radius 1 is 0.533 bits per heavy atom. The third kappa shape index (κ3) is 6.81. The highest BCUT2D eigenvalue weighted by atomic mass is 32.1. The molecule has 0 saturated carbocycles. The minimum atomic E-state index is 0. The lowest BCUT2D eigenvalue weighted by molar-refractivity contribution is 1.48. The van der Waals surface area contributed by atoms with Crippen LogP contribution in [0, 0.1) is 13.8 Å². The first-order valence-electron chi connectivity index (χ1n) is 4.82. The third-order valence-corrected chi connectivity index (χ3v) is 1.88. The van der Waals surface area contributed by atoms with Crippen molar-refractivity contribution in [3.63, 3.8) is 0 Å². The van der Waals surface area contributed by atoms with Gasteiger partial charge in [-0.25, -0.2) is 0 Å². The van der Waals surface area contributed by atoms with E-state index in [9.17, 15) is 0 Å². The van der Waals surface area contributed by atoms with Gasteiger partial charge in [0.15, 0.2) is 0 Å². The molecule has 0 atom stereocenters. The fourth-order valence-corrected chi connectivity index (χ4v) is 1.07. The summed E-state index contributed by atoms with van der Waals surface area (Å²) >= 11 is 0. The van der Waals surface area contributed by atoms with Gasteiger partial charge in [0, 0.05) is 0 Å². The van der Waals surface area contributed by atoms with Crippen molar-refractivity contribution in [3.8, 4) is 0 Å². The van der Waals surface area contributed by atoms with Gasteiger partial charge < -0.3 is 0 Å². The van der Waals surface area contributed by atoms with Crippen LogP contribution in [0.4, 0.5) is 0 Å². The van der Waals surface area contributed by atoms with E-state index in [-0.39, 0.29) is 13.5 Å². The van der Waals surface area contributed by atoms with Crippen molar-refractivity contribution in [1.29, 1.82) is 0 Å². The summed E-state index contributed by atoms with van der Waals surface area (Å²) in [6.07, 6.45) is 0. The SMILES string of the molecule is Cc1ccccc1.Cc1ccccc1.S. The van der Waals surface area contributed by atoms with Gasteiger partial charge in [0.05, 0.1) is 0 Å². The molecule has 15 heavy (non-hydrogen) atoms. The molecule has 80 valence electrons. The zero-order valence-electron chi connectivity index (χ0n) is 9.27. The molecule has 0 spiro atoms. The molecule has 0 aliphatic rings. The summed E-state index contributed by atoms with van der Waals surface area (Å²) in [6, 6.07) is 20.5. The quantitative estimate of drug-likeness (QED) is 0.624. The largest absolute Gasteiger partial charge is 0.197 e. The zero-order valence-corrected chi connectivity index (χ0v) is 10.3. The Morgan fingerprint density at radius 2 is 0.800 bits per heavy atom. The molecule has 0 aromatic heterocycles. The van der Waals surface area contributed by atoms with Crippen molar-refractivity contribution in [3.05, 3.63) is 71.8 Å². The number of aryl methyl sites for hydroxylation is 2. The van der Waals surface area contributed by atoms with E-state index in [2.05, 4.69) is 38.1 Å². The Morgan fingerprint density at radius 3 is 0.933 bits per heavy atom. The lowest BCUT2D eigenvalue weighted by atomic mass is 10.2. The van der Waals surface area contributed by atoms with Crippen LogP contribution in [0.3, 0.4) is 0 Å². The molecule has 0 aliphatic carbocycles. The summed E-state index contributed by atoms with van der Waals surface area (Å²) in [6.45, 7) is 4.17. The van der Waals surface area contributed by atoms with Gasteiger partial charge in [-0.2, -0.15) is 13.5 Å². The molecule has 1 heteroatoms. The second-order valence-corrected chi connectivity index (χ2v) is 3.31. The summed E-state index contributed by atoms with van der Waals surface area (Å²) in [5, 5.41) is 0. The zero-order chi connectivity index (χ0) is 10.2. The highest BCUT2D eigenvalue weighted by Gasteiger charge is 1.72. The lowest BCUT2D eigenvalue weighted by Crippen LogP contribution is -1.62. The van der Waals surface area contributed by atoms with E-state index >= 15 is 0 Å². The second-order valence-electron chi connectivity index (χ2n) is 3.31. The number of hydrogen-bond acceptors (Lipinski definition) is 0. The van der Waals surface area contributed by atoms with Gasteiger partial charge >= 0.3 is 0 Å².